The third kappa shape index (κ3) is 2.54. The molecule has 0 radical (unpaired) electrons. The molecule has 1 aromatic rings. The number of benzene rings is 1. The third-order valence-corrected chi connectivity index (χ3v) is 4.99. The van der Waals surface area contributed by atoms with Gasteiger partial charge < -0.3 is 10.6 Å². The number of amides is 1. The molecule has 1 heterocycles. The van der Waals surface area contributed by atoms with E-state index in [1.807, 2.05) is 17.0 Å². The lowest BCUT2D eigenvalue weighted by Crippen LogP contribution is -2.41. The second-order valence-corrected chi connectivity index (χ2v) is 6.45. The van der Waals surface area contributed by atoms with Crippen LogP contribution in [0.25, 0.3) is 0 Å². The van der Waals surface area contributed by atoms with Gasteiger partial charge in [-0.2, -0.15) is 0 Å². The van der Waals surface area contributed by atoms with Crippen LogP contribution in [0.15, 0.2) is 18.2 Å². The van der Waals surface area contributed by atoms with Crippen molar-refractivity contribution in [3.8, 4) is 0 Å². The van der Waals surface area contributed by atoms with Gasteiger partial charge >= 0.3 is 0 Å². The molecule has 0 bridgehead atoms. The summed E-state index contributed by atoms with van der Waals surface area (Å²) in [6, 6.07) is 6.08. The van der Waals surface area contributed by atoms with E-state index in [9.17, 15) is 4.79 Å². The molecule has 1 fully saturated rings. The number of hydrogen-bond donors (Lipinski definition) is 1. The van der Waals surface area contributed by atoms with Crippen molar-refractivity contribution in [2.45, 2.75) is 45.6 Å². The smallest absolute Gasteiger partial charge is 0.225 e. The monoisotopic (exact) mass is 272 g/mol. The Kier molecular flexibility index (Phi) is 3.68. The Morgan fingerprint density at radius 3 is 2.75 bits per heavy atom. The zero-order chi connectivity index (χ0) is 14.1. The van der Waals surface area contributed by atoms with Crippen molar-refractivity contribution >= 4 is 11.6 Å². The number of carbonyl (C=O) groups excluding carboxylic acids is 1. The number of nitrogens with zero attached hydrogens (tertiary/aromatic N) is 1. The van der Waals surface area contributed by atoms with E-state index in [-0.39, 0.29) is 5.92 Å². The Hall–Kier alpha value is -1.51. The van der Waals surface area contributed by atoms with Crippen molar-refractivity contribution in [3.63, 3.8) is 0 Å². The van der Waals surface area contributed by atoms with Gasteiger partial charge in [0.15, 0.2) is 0 Å². The van der Waals surface area contributed by atoms with Gasteiger partial charge in [0.1, 0.15) is 0 Å². The van der Waals surface area contributed by atoms with E-state index in [0.717, 1.165) is 43.0 Å². The number of anilines is 1. The molecule has 1 aliphatic carbocycles. The second-order valence-electron chi connectivity index (χ2n) is 6.45. The molecule has 3 heteroatoms. The van der Waals surface area contributed by atoms with Gasteiger partial charge in [-0.05, 0) is 55.2 Å². The summed E-state index contributed by atoms with van der Waals surface area (Å²) in [4.78, 5) is 14.7. The lowest BCUT2D eigenvalue weighted by Gasteiger charge is -2.34. The van der Waals surface area contributed by atoms with Gasteiger partial charge in [0.2, 0.25) is 5.91 Å². The first-order chi connectivity index (χ1) is 9.65. The molecule has 3 rings (SSSR count). The second kappa shape index (κ2) is 5.47. The molecule has 2 N–H and O–H groups in total. The van der Waals surface area contributed by atoms with Crippen LogP contribution in [0.3, 0.4) is 0 Å². The predicted octanol–water partition coefficient (Wildman–Crippen LogP) is 2.98. The highest BCUT2D eigenvalue weighted by Crippen LogP contribution is 2.31. The van der Waals surface area contributed by atoms with Gasteiger partial charge in [0.05, 0.1) is 0 Å². The Balaban J connectivity index is 1.70. The van der Waals surface area contributed by atoms with Crippen molar-refractivity contribution in [1.82, 2.24) is 4.90 Å². The van der Waals surface area contributed by atoms with E-state index in [2.05, 4.69) is 13.0 Å². The third-order valence-electron chi connectivity index (χ3n) is 4.99. The number of carbonyl (C=O) groups is 1. The summed E-state index contributed by atoms with van der Waals surface area (Å²) in [5.41, 5.74) is 9.37. The van der Waals surface area contributed by atoms with Crippen molar-refractivity contribution in [1.29, 1.82) is 0 Å². The van der Waals surface area contributed by atoms with Crippen molar-refractivity contribution in [3.05, 3.63) is 29.3 Å². The lowest BCUT2D eigenvalue weighted by atomic mass is 9.82. The minimum atomic E-state index is 0.248. The predicted molar refractivity (Wildman–Crippen MR) is 81.1 cm³/mol. The molecular formula is C17H24N2O. The highest BCUT2D eigenvalue weighted by atomic mass is 16.2. The summed E-state index contributed by atoms with van der Waals surface area (Å²) in [5, 5.41) is 0. The number of rotatable bonds is 1. The fourth-order valence-electron chi connectivity index (χ4n) is 3.56. The highest BCUT2D eigenvalue weighted by Gasteiger charge is 2.30. The topological polar surface area (TPSA) is 46.3 Å². The van der Waals surface area contributed by atoms with Crippen LogP contribution in [-0.4, -0.2) is 17.4 Å². The molecule has 1 saturated carbocycles. The maximum Gasteiger partial charge on any atom is 0.225 e. The van der Waals surface area contributed by atoms with Crippen LogP contribution < -0.4 is 5.73 Å². The summed E-state index contributed by atoms with van der Waals surface area (Å²) in [7, 11) is 0. The Bertz CT molecular complexity index is 504. The molecule has 0 unspecified atom stereocenters. The zero-order valence-corrected chi connectivity index (χ0v) is 12.3. The molecule has 3 nitrogen and oxygen atoms in total. The largest absolute Gasteiger partial charge is 0.398 e. The number of nitrogens with two attached hydrogens (primary N) is 1. The van der Waals surface area contributed by atoms with E-state index in [1.54, 1.807) is 0 Å². The van der Waals surface area contributed by atoms with Crippen LogP contribution in [0.1, 0.15) is 43.7 Å². The average Bonchev–Trinajstić information content (AvgIpc) is 2.47. The van der Waals surface area contributed by atoms with Crippen LogP contribution in [0, 0.1) is 11.8 Å². The summed E-state index contributed by atoms with van der Waals surface area (Å²) in [6.45, 7) is 3.84. The first kappa shape index (κ1) is 13.5. The Labute approximate surface area is 121 Å². The fraction of sp³-hybridized carbons (Fsp3) is 0.588. The molecule has 0 atom stereocenters. The molecule has 1 aliphatic heterocycles. The van der Waals surface area contributed by atoms with Crippen LogP contribution in [0.4, 0.5) is 5.69 Å². The summed E-state index contributed by atoms with van der Waals surface area (Å²) >= 11 is 0. The molecular weight excluding hydrogens is 248 g/mol. The number of nitrogen functional groups attached to an aromatic ring is 1. The van der Waals surface area contributed by atoms with Gasteiger partial charge in [-0.15, -0.1) is 0 Å². The quantitative estimate of drug-likeness (QED) is 0.799. The molecule has 0 saturated heterocycles. The van der Waals surface area contributed by atoms with Gasteiger partial charge in [-0.1, -0.05) is 19.1 Å². The number of fused-ring (bicyclic) bond motifs is 1. The first-order valence-electron chi connectivity index (χ1n) is 7.80. The summed E-state index contributed by atoms with van der Waals surface area (Å²) in [5.74, 6) is 1.39. The van der Waals surface area contributed by atoms with Crippen molar-refractivity contribution in [2.75, 3.05) is 12.3 Å². The Morgan fingerprint density at radius 2 is 2.00 bits per heavy atom. The SMILES string of the molecule is CC1CCC(C(=O)N2CCc3cccc(N)c3C2)CC1. The van der Waals surface area contributed by atoms with Crippen LogP contribution >= 0.6 is 0 Å². The summed E-state index contributed by atoms with van der Waals surface area (Å²) in [6.07, 6.45) is 5.46. The maximum absolute atomic E-state index is 12.7. The van der Waals surface area contributed by atoms with Crippen molar-refractivity contribution in [2.24, 2.45) is 11.8 Å². The van der Waals surface area contributed by atoms with E-state index in [0.29, 0.717) is 12.5 Å². The van der Waals surface area contributed by atoms with E-state index in [1.165, 1.54) is 18.4 Å². The summed E-state index contributed by atoms with van der Waals surface area (Å²) < 4.78 is 0. The maximum atomic E-state index is 12.7. The minimum absolute atomic E-state index is 0.248. The van der Waals surface area contributed by atoms with Crippen LogP contribution in [-0.2, 0) is 17.8 Å². The molecule has 0 spiro atoms. The number of hydrogen-bond acceptors (Lipinski definition) is 2. The minimum Gasteiger partial charge on any atom is -0.398 e. The molecule has 108 valence electrons. The molecule has 0 aromatic heterocycles. The normalized spacial score (nSPS) is 26.1. The van der Waals surface area contributed by atoms with Crippen LogP contribution in [0.2, 0.25) is 0 Å². The zero-order valence-electron chi connectivity index (χ0n) is 12.3. The highest BCUT2D eigenvalue weighted by molar-refractivity contribution is 5.79. The van der Waals surface area contributed by atoms with E-state index < -0.39 is 0 Å². The average molecular weight is 272 g/mol. The van der Waals surface area contributed by atoms with Gasteiger partial charge in [-0.3, -0.25) is 4.79 Å². The van der Waals surface area contributed by atoms with Gasteiger partial charge in [0, 0.05) is 24.7 Å². The van der Waals surface area contributed by atoms with Crippen LogP contribution in [0.5, 0.6) is 0 Å². The van der Waals surface area contributed by atoms with Gasteiger partial charge in [0.25, 0.3) is 0 Å². The lowest BCUT2D eigenvalue weighted by molar-refractivity contribution is -0.137. The molecule has 20 heavy (non-hydrogen) atoms. The Morgan fingerprint density at radius 1 is 1.25 bits per heavy atom. The molecule has 1 aromatic carbocycles. The standard InChI is InChI=1S/C17H24N2O/c1-12-5-7-14(8-6-12)17(20)19-10-9-13-3-2-4-16(18)15(13)11-19/h2-4,12,14H,5-11,18H2,1H3. The van der Waals surface area contributed by atoms with Crippen molar-refractivity contribution < 1.29 is 4.79 Å². The first-order valence-corrected chi connectivity index (χ1v) is 7.80. The van der Waals surface area contributed by atoms with E-state index in [4.69, 9.17) is 5.73 Å². The fourth-order valence-corrected chi connectivity index (χ4v) is 3.56. The molecule has 2 aliphatic rings. The van der Waals surface area contributed by atoms with E-state index >= 15 is 0 Å². The van der Waals surface area contributed by atoms with Gasteiger partial charge in [-0.25, -0.2) is 0 Å². The molecule has 1 amide bonds.